The minimum Gasteiger partial charge on any atom is -0.356 e. The Labute approximate surface area is 144 Å². The third kappa shape index (κ3) is 6.88. The molecule has 0 atom stereocenters. The van der Waals surface area contributed by atoms with Crippen molar-refractivity contribution in [3.63, 3.8) is 0 Å². The van der Waals surface area contributed by atoms with E-state index in [0.29, 0.717) is 13.1 Å². The second-order valence-electron chi connectivity index (χ2n) is 5.15. The maximum Gasteiger partial charge on any atom is 0.213 e. The number of rotatable bonds is 9. The Balaban J connectivity index is 2.29. The van der Waals surface area contributed by atoms with E-state index in [9.17, 15) is 8.42 Å². The van der Waals surface area contributed by atoms with Crippen molar-refractivity contribution >= 4 is 27.3 Å². The van der Waals surface area contributed by atoms with E-state index in [1.54, 1.807) is 32.4 Å². The zero-order chi connectivity index (χ0) is 17.3. The van der Waals surface area contributed by atoms with Crippen molar-refractivity contribution < 1.29 is 8.42 Å². The van der Waals surface area contributed by atoms with E-state index in [1.807, 2.05) is 0 Å². The molecule has 1 aromatic heterocycles. The molecule has 6 nitrogen and oxygen atoms in total. The first-order valence-corrected chi connectivity index (χ1v) is 10.3. The van der Waals surface area contributed by atoms with Gasteiger partial charge in [0.1, 0.15) is 0 Å². The van der Waals surface area contributed by atoms with Gasteiger partial charge < -0.3 is 10.6 Å². The lowest BCUT2D eigenvalue weighted by Gasteiger charge is -2.16. The van der Waals surface area contributed by atoms with E-state index in [2.05, 4.69) is 34.7 Å². The van der Waals surface area contributed by atoms with Crippen LogP contribution in [-0.2, 0) is 23.0 Å². The number of aryl methyl sites for hydroxylation is 1. The number of nitrogens with one attached hydrogen (secondary N) is 2. The summed E-state index contributed by atoms with van der Waals surface area (Å²) >= 11 is 1.80. The van der Waals surface area contributed by atoms with Crippen molar-refractivity contribution in [3.8, 4) is 0 Å². The molecule has 0 fully saturated rings. The van der Waals surface area contributed by atoms with Gasteiger partial charge in [0.2, 0.25) is 10.0 Å². The maximum absolute atomic E-state index is 11.6. The Bertz CT molecular complexity index is 596. The van der Waals surface area contributed by atoms with Gasteiger partial charge in [0.15, 0.2) is 5.96 Å². The van der Waals surface area contributed by atoms with E-state index in [-0.39, 0.29) is 5.75 Å². The predicted molar refractivity (Wildman–Crippen MR) is 98.6 cm³/mol. The minimum atomic E-state index is -3.09. The van der Waals surface area contributed by atoms with E-state index in [4.69, 9.17) is 0 Å². The van der Waals surface area contributed by atoms with Crippen LogP contribution < -0.4 is 10.6 Å². The SMILES string of the molecule is CCc1ccc(CNC(=NC)NCCCN(C)S(=O)(=O)CC)s1. The summed E-state index contributed by atoms with van der Waals surface area (Å²) in [4.78, 5) is 6.83. The zero-order valence-corrected chi connectivity index (χ0v) is 16.1. The highest BCUT2D eigenvalue weighted by Crippen LogP contribution is 2.16. The van der Waals surface area contributed by atoms with Crippen LogP contribution in [0.3, 0.4) is 0 Å². The van der Waals surface area contributed by atoms with Crippen LogP contribution in [0.5, 0.6) is 0 Å². The smallest absolute Gasteiger partial charge is 0.213 e. The molecule has 0 aliphatic carbocycles. The number of nitrogens with zero attached hydrogens (tertiary/aromatic N) is 2. The van der Waals surface area contributed by atoms with Crippen LogP contribution in [-0.4, -0.2) is 51.6 Å². The van der Waals surface area contributed by atoms with E-state index in [0.717, 1.165) is 25.3 Å². The molecule has 0 saturated carbocycles. The van der Waals surface area contributed by atoms with Gasteiger partial charge in [0.05, 0.1) is 12.3 Å². The molecule has 1 aromatic rings. The van der Waals surface area contributed by atoms with Crippen molar-refractivity contribution in [2.75, 3.05) is 32.9 Å². The third-order valence-electron chi connectivity index (χ3n) is 3.50. The molecule has 0 saturated heterocycles. The van der Waals surface area contributed by atoms with Crippen LogP contribution in [0.2, 0.25) is 0 Å². The summed E-state index contributed by atoms with van der Waals surface area (Å²) in [5.74, 6) is 0.873. The van der Waals surface area contributed by atoms with Crippen LogP contribution in [0.15, 0.2) is 17.1 Å². The van der Waals surface area contributed by atoms with Crippen molar-refractivity contribution in [2.24, 2.45) is 4.99 Å². The van der Waals surface area contributed by atoms with Crippen LogP contribution in [0.4, 0.5) is 0 Å². The fourth-order valence-corrected chi connectivity index (χ4v) is 3.71. The first kappa shape index (κ1) is 19.9. The molecule has 0 spiro atoms. The summed E-state index contributed by atoms with van der Waals surface area (Å²) in [5.41, 5.74) is 0. The van der Waals surface area contributed by atoms with Gasteiger partial charge >= 0.3 is 0 Å². The topological polar surface area (TPSA) is 73.8 Å². The summed E-state index contributed by atoms with van der Waals surface area (Å²) < 4.78 is 24.7. The molecular formula is C15H28N4O2S2. The first-order valence-electron chi connectivity index (χ1n) is 7.89. The number of aliphatic imine (C=N–C) groups is 1. The highest BCUT2D eigenvalue weighted by atomic mass is 32.2. The average Bonchev–Trinajstić information content (AvgIpc) is 3.01. The van der Waals surface area contributed by atoms with Gasteiger partial charge in [-0.25, -0.2) is 12.7 Å². The molecule has 1 rings (SSSR count). The molecule has 0 aliphatic heterocycles. The molecular weight excluding hydrogens is 332 g/mol. The van der Waals surface area contributed by atoms with Crippen molar-refractivity contribution in [1.82, 2.24) is 14.9 Å². The molecule has 132 valence electrons. The number of guanidine groups is 1. The molecule has 0 aromatic carbocycles. The lowest BCUT2D eigenvalue weighted by atomic mass is 10.3. The monoisotopic (exact) mass is 360 g/mol. The predicted octanol–water partition coefficient (Wildman–Crippen LogP) is 1.65. The largest absolute Gasteiger partial charge is 0.356 e. The third-order valence-corrected chi connectivity index (χ3v) is 6.59. The van der Waals surface area contributed by atoms with E-state index >= 15 is 0 Å². The first-order chi connectivity index (χ1) is 10.9. The van der Waals surface area contributed by atoms with Gasteiger partial charge in [-0.15, -0.1) is 11.3 Å². The van der Waals surface area contributed by atoms with E-state index in [1.165, 1.54) is 14.1 Å². The summed E-state index contributed by atoms with van der Waals surface area (Å²) in [6.45, 7) is 5.73. The van der Waals surface area contributed by atoms with Gasteiger partial charge in [0.25, 0.3) is 0 Å². The number of hydrogen-bond acceptors (Lipinski definition) is 4. The fraction of sp³-hybridized carbons (Fsp3) is 0.667. The Hall–Kier alpha value is -1.12. The van der Waals surface area contributed by atoms with Gasteiger partial charge in [0, 0.05) is 36.9 Å². The van der Waals surface area contributed by atoms with Gasteiger partial charge in [-0.3, -0.25) is 4.99 Å². The molecule has 23 heavy (non-hydrogen) atoms. The average molecular weight is 361 g/mol. The molecule has 0 radical (unpaired) electrons. The molecule has 0 aliphatic rings. The lowest BCUT2D eigenvalue weighted by Crippen LogP contribution is -2.38. The highest BCUT2D eigenvalue weighted by Gasteiger charge is 2.13. The van der Waals surface area contributed by atoms with Crippen LogP contribution >= 0.6 is 11.3 Å². The summed E-state index contributed by atoms with van der Waals surface area (Å²) in [5, 5.41) is 6.48. The molecule has 2 N–H and O–H groups in total. The Morgan fingerprint density at radius 2 is 1.96 bits per heavy atom. The van der Waals surface area contributed by atoms with Crippen molar-refractivity contribution in [2.45, 2.75) is 33.2 Å². The molecule has 1 heterocycles. The van der Waals surface area contributed by atoms with Gasteiger partial charge in [-0.1, -0.05) is 6.92 Å². The van der Waals surface area contributed by atoms with E-state index < -0.39 is 10.0 Å². The van der Waals surface area contributed by atoms with Crippen molar-refractivity contribution in [1.29, 1.82) is 0 Å². The minimum absolute atomic E-state index is 0.140. The van der Waals surface area contributed by atoms with Crippen molar-refractivity contribution in [3.05, 3.63) is 21.9 Å². The van der Waals surface area contributed by atoms with Crippen LogP contribution in [0.1, 0.15) is 30.0 Å². The molecule has 0 amide bonds. The number of sulfonamides is 1. The number of hydrogen-bond donors (Lipinski definition) is 2. The second-order valence-corrected chi connectivity index (χ2v) is 8.77. The lowest BCUT2D eigenvalue weighted by molar-refractivity contribution is 0.461. The maximum atomic E-state index is 11.6. The van der Waals surface area contributed by atoms with Gasteiger partial charge in [-0.2, -0.15) is 0 Å². The Morgan fingerprint density at radius 1 is 1.26 bits per heavy atom. The highest BCUT2D eigenvalue weighted by molar-refractivity contribution is 7.89. The normalized spacial score (nSPS) is 12.7. The summed E-state index contributed by atoms with van der Waals surface area (Å²) in [6, 6.07) is 4.29. The van der Waals surface area contributed by atoms with Gasteiger partial charge in [-0.05, 0) is 31.9 Å². The molecule has 0 bridgehead atoms. The second kappa shape index (κ2) is 9.89. The van der Waals surface area contributed by atoms with Crippen LogP contribution in [0.25, 0.3) is 0 Å². The standard InChI is InChI=1S/C15H28N4O2S2/c1-5-13-8-9-14(22-13)12-18-15(16-3)17-10-7-11-19(4)23(20,21)6-2/h8-9H,5-7,10-12H2,1-4H3,(H2,16,17,18). The zero-order valence-electron chi connectivity index (χ0n) is 14.4. The number of thiophene rings is 1. The summed E-state index contributed by atoms with van der Waals surface area (Å²) in [6.07, 6.45) is 1.79. The molecule has 8 heteroatoms. The molecule has 0 unspecified atom stereocenters. The van der Waals surface area contributed by atoms with Crippen LogP contribution in [0, 0.1) is 0 Å². The fourth-order valence-electron chi connectivity index (χ4n) is 1.97. The Morgan fingerprint density at radius 3 is 2.52 bits per heavy atom. The summed E-state index contributed by atoms with van der Waals surface area (Å²) in [7, 11) is 0.260. The Kier molecular flexibility index (Phi) is 8.57. The quantitative estimate of drug-likeness (QED) is 0.399.